The Morgan fingerprint density at radius 1 is 1.09 bits per heavy atom. The second-order valence-electron chi connectivity index (χ2n) is 9.26. The van der Waals surface area contributed by atoms with Gasteiger partial charge in [0.2, 0.25) is 0 Å². The molecule has 2 aromatic carbocycles. The fourth-order valence-electron chi connectivity index (χ4n) is 4.93. The third-order valence-electron chi connectivity index (χ3n) is 7.10. The first-order valence-electron chi connectivity index (χ1n) is 12.3. The van der Waals surface area contributed by atoms with E-state index < -0.39 is 0 Å². The highest BCUT2D eigenvalue weighted by atomic mass is 16.5. The van der Waals surface area contributed by atoms with E-state index in [1.54, 1.807) is 12.7 Å². The zero-order chi connectivity index (χ0) is 23.0. The molecule has 2 nitrogen and oxygen atoms in total. The first-order valence-corrected chi connectivity index (χ1v) is 12.3. The number of allylic oxidation sites excluding steroid dienone is 10. The Labute approximate surface area is 199 Å². The van der Waals surface area contributed by atoms with Crippen molar-refractivity contribution in [3.8, 4) is 5.75 Å². The summed E-state index contributed by atoms with van der Waals surface area (Å²) in [5.41, 5.74) is 4.16. The number of fused-ring (bicyclic) bond motifs is 1. The predicted molar refractivity (Wildman–Crippen MR) is 142 cm³/mol. The van der Waals surface area contributed by atoms with Crippen LogP contribution in [-0.4, -0.2) is 25.1 Å². The molecule has 1 fully saturated rings. The fourth-order valence-corrected chi connectivity index (χ4v) is 4.93. The van der Waals surface area contributed by atoms with Crippen LogP contribution in [0.3, 0.4) is 0 Å². The summed E-state index contributed by atoms with van der Waals surface area (Å²) < 4.78 is 5.72. The summed E-state index contributed by atoms with van der Waals surface area (Å²) in [7, 11) is 1.78. The monoisotopic (exact) mass is 439 g/mol. The number of methoxy groups -OCH3 is 1. The molecule has 4 rings (SSSR count). The Kier molecular flexibility index (Phi) is 8.01. The van der Waals surface area contributed by atoms with Gasteiger partial charge in [0.25, 0.3) is 0 Å². The van der Waals surface area contributed by atoms with Gasteiger partial charge in [-0.25, -0.2) is 0 Å². The van der Waals surface area contributed by atoms with Crippen LogP contribution < -0.4 is 4.74 Å². The summed E-state index contributed by atoms with van der Waals surface area (Å²) in [4.78, 5) is 2.60. The summed E-state index contributed by atoms with van der Waals surface area (Å²) in [5, 5.41) is 2.60. The van der Waals surface area contributed by atoms with E-state index in [2.05, 4.69) is 104 Å². The van der Waals surface area contributed by atoms with Crippen molar-refractivity contribution in [3.63, 3.8) is 0 Å². The van der Waals surface area contributed by atoms with Gasteiger partial charge < -0.3 is 4.74 Å². The quantitative estimate of drug-likeness (QED) is 0.411. The molecule has 0 spiro atoms. The Bertz CT molecular complexity index is 1090. The van der Waals surface area contributed by atoms with Crippen molar-refractivity contribution in [1.82, 2.24) is 4.90 Å². The van der Waals surface area contributed by atoms with Gasteiger partial charge in [0, 0.05) is 12.1 Å². The van der Waals surface area contributed by atoms with Crippen molar-refractivity contribution in [2.45, 2.75) is 39.7 Å². The van der Waals surface area contributed by atoms with E-state index in [4.69, 9.17) is 4.74 Å². The van der Waals surface area contributed by atoms with E-state index in [0.29, 0.717) is 11.8 Å². The number of hydrogen-bond acceptors (Lipinski definition) is 2. The van der Waals surface area contributed by atoms with Crippen LogP contribution in [0.1, 0.15) is 38.7 Å². The first-order chi connectivity index (χ1) is 16.2. The van der Waals surface area contributed by atoms with E-state index in [1.165, 1.54) is 34.8 Å². The zero-order valence-electron chi connectivity index (χ0n) is 20.3. The van der Waals surface area contributed by atoms with Gasteiger partial charge in [-0.2, -0.15) is 0 Å². The first kappa shape index (κ1) is 23.3. The predicted octanol–water partition coefficient (Wildman–Crippen LogP) is 7.64. The molecule has 0 N–H and O–H groups in total. The Hall–Kier alpha value is -2.84. The Morgan fingerprint density at radius 3 is 2.64 bits per heavy atom. The molecule has 0 saturated carbocycles. The van der Waals surface area contributed by atoms with Gasteiger partial charge >= 0.3 is 0 Å². The molecular formula is C31H37NO. The standard InChI is InChI=1S/C31H37NO/c1-4-24(2)9-5-6-10-25-13-15-26(16-14-25)27-19-21-32(22-20-27)23-30-29-12-8-7-11-28(29)17-18-31(30)33-3/h4-13,15-18,25,27H,14,19-23H2,1-3H3/b9-5-,10-6+,24-4+. The molecule has 1 heterocycles. The summed E-state index contributed by atoms with van der Waals surface area (Å²) in [6.07, 6.45) is 21.7. The SMILES string of the molecule is C/C=C(C)/C=C\C=C\C1C=CC(C2CCN(Cc3c(OC)ccc4ccccc34)CC2)=CC1. The molecule has 1 atom stereocenters. The van der Waals surface area contributed by atoms with E-state index in [9.17, 15) is 0 Å². The van der Waals surface area contributed by atoms with Gasteiger partial charge in [-0.05, 0) is 80.4 Å². The summed E-state index contributed by atoms with van der Waals surface area (Å²) in [5.74, 6) is 2.21. The highest BCUT2D eigenvalue weighted by Gasteiger charge is 2.23. The van der Waals surface area contributed by atoms with Crippen molar-refractivity contribution in [1.29, 1.82) is 0 Å². The minimum absolute atomic E-state index is 0.517. The maximum Gasteiger partial charge on any atom is 0.123 e. The molecule has 0 radical (unpaired) electrons. The third kappa shape index (κ3) is 5.94. The number of ether oxygens (including phenoxy) is 1. The normalized spacial score (nSPS) is 20.8. The third-order valence-corrected chi connectivity index (χ3v) is 7.10. The fraction of sp³-hybridized carbons (Fsp3) is 0.355. The molecule has 172 valence electrons. The molecule has 33 heavy (non-hydrogen) atoms. The van der Waals surface area contributed by atoms with Gasteiger partial charge in [-0.1, -0.05) is 84.5 Å². The lowest BCUT2D eigenvalue weighted by molar-refractivity contribution is 0.191. The molecule has 2 heteroatoms. The van der Waals surface area contributed by atoms with Crippen molar-refractivity contribution in [2.24, 2.45) is 11.8 Å². The second-order valence-corrected chi connectivity index (χ2v) is 9.26. The summed E-state index contributed by atoms with van der Waals surface area (Å²) in [6, 6.07) is 12.9. The highest BCUT2D eigenvalue weighted by Crippen LogP contribution is 2.33. The molecule has 1 unspecified atom stereocenters. The lowest BCUT2D eigenvalue weighted by atomic mass is 9.84. The average Bonchev–Trinajstić information content (AvgIpc) is 2.87. The van der Waals surface area contributed by atoms with Crippen LogP contribution >= 0.6 is 0 Å². The molecule has 0 amide bonds. The largest absolute Gasteiger partial charge is 0.496 e. The molecule has 1 saturated heterocycles. The molecule has 2 aromatic rings. The molecule has 2 aliphatic rings. The maximum atomic E-state index is 5.72. The van der Waals surface area contributed by atoms with Gasteiger partial charge in [-0.3, -0.25) is 4.90 Å². The Morgan fingerprint density at radius 2 is 1.91 bits per heavy atom. The van der Waals surface area contributed by atoms with Crippen LogP contribution in [0.4, 0.5) is 0 Å². The van der Waals surface area contributed by atoms with E-state index >= 15 is 0 Å². The minimum atomic E-state index is 0.517. The van der Waals surface area contributed by atoms with Crippen molar-refractivity contribution >= 4 is 10.8 Å². The summed E-state index contributed by atoms with van der Waals surface area (Å²) >= 11 is 0. The molecule has 1 aliphatic heterocycles. The molecule has 0 bridgehead atoms. The lowest BCUT2D eigenvalue weighted by Crippen LogP contribution is -2.34. The second kappa shape index (κ2) is 11.3. The van der Waals surface area contributed by atoms with Gasteiger partial charge in [0.05, 0.1) is 7.11 Å². The summed E-state index contributed by atoms with van der Waals surface area (Å²) in [6.45, 7) is 7.44. The van der Waals surface area contributed by atoms with Crippen LogP contribution in [0.25, 0.3) is 10.8 Å². The number of rotatable bonds is 7. The van der Waals surface area contributed by atoms with E-state index in [0.717, 1.165) is 31.8 Å². The molecule has 0 aromatic heterocycles. The Balaban J connectivity index is 1.32. The smallest absolute Gasteiger partial charge is 0.123 e. The van der Waals surface area contributed by atoms with Crippen molar-refractivity contribution in [3.05, 3.63) is 102 Å². The van der Waals surface area contributed by atoms with E-state index in [1.807, 2.05) is 0 Å². The molecular weight excluding hydrogens is 402 g/mol. The number of piperidine rings is 1. The van der Waals surface area contributed by atoms with Crippen LogP contribution in [0, 0.1) is 11.8 Å². The van der Waals surface area contributed by atoms with Crippen LogP contribution in [0.15, 0.2) is 96.2 Å². The maximum absolute atomic E-state index is 5.72. The topological polar surface area (TPSA) is 12.5 Å². The average molecular weight is 440 g/mol. The number of nitrogens with zero attached hydrogens (tertiary/aromatic N) is 1. The number of hydrogen-bond donors (Lipinski definition) is 0. The van der Waals surface area contributed by atoms with Crippen LogP contribution in [-0.2, 0) is 6.54 Å². The van der Waals surface area contributed by atoms with Gasteiger partial charge in [0.15, 0.2) is 0 Å². The highest BCUT2D eigenvalue weighted by molar-refractivity contribution is 5.87. The lowest BCUT2D eigenvalue weighted by Gasteiger charge is -2.34. The van der Waals surface area contributed by atoms with Crippen molar-refractivity contribution in [2.75, 3.05) is 20.2 Å². The van der Waals surface area contributed by atoms with E-state index in [-0.39, 0.29) is 0 Å². The van der Waals surface area contributed by atoms with Crippen molar-refractivity contribution < 1.29 is 4.74 Å². The minimum Gasteiger partial charge on any atom is -0.496 e. The van der Waals surface area contributed by atoms with Gasteiger partial charge in [0.1, 0.15) is 5.75 Å². The zero-order valence-corrected chi connectivity index (χ0v) is 20.3. The molecule has 1 aliphatic carbocycles. The van der Waals surface area contributed by atoms with Crippen LogP contribution in [0.2, 0.25) is 0 Å². The number of likely N-dealkylation sites (tertiary alicyclic amines) is 1. The van der Waals surface area contributed by atoms with Gasteiger partial charge in [-0.15, -0.1) is 0 Å². The van der Waals surface area contributed by atoms with Crippen LogP contribution in [0.5, 0.6) is 5.75 Å². The number of benzene rings is 2.